The average molecular weight is 273 g/mol. The van der Waals surface area contributed by atoms with Crippen LogP contribution in [0.15, 0.2) is 24.3 Å². The number of hydrogen-bond acceptors (Lipinski definition) is 3. The summed E-state index contributed by atoms with van der Waals surface area (Å²) in [7, 11) is 0. The molecule has 4 heteroatoms. The first kappa shape index (κ1) is 15.8. The molecule has 0 bridgehead atoms. The Bertz CT molecular complexity index is 509. The molecule has 0 aromatic heterocycles. The van der Waals surface area contributed by atoms with Crippen molar-refractivity contribution in [3.05, 3.63) is 35.4 Å². The van der Waals surface area contributed by atoms with E-state index in [1.807, 2.05) is 6.92 Å². The lowest BCUT2D eigenvalue weighted by molar-refractivity contribution is -0.142. The second kappa shape index (κ2) is 8.76. The molecule has 1 rings (SSSR count). The molecular weight excluding hydrogens is 254 g/mol. The van der Waals surface area contributed by atoms with E-state index in [9.17, 15) is 9.59 Å². The van der Waals surface area contributed by atoms with E-state index in [2.05, 4.69) is 17.2 Å². The summed E-state index contributed by atoms with van der Waals surface area (Å²) < 4.78 is 4.95. The number of ether oxygens (including phenoxy) is 1. The first-order valence-corrected chi connectivity index (χ1v) is 6.64. The maximum atomic E-state index is 11.8. The van der Waals surface area contributed by atoms with Crippen LogP contribution in [0.1, 0.15) is 42.6 Å². The third-order valence-corrected chi connectivity index (χ3v) is 2.57. The van der Waals surface area contributed by atoms with Crippen molar-refractivity contribution in [3.63, 3.8) is 0 Å². The Balaban J connectivity index is 2.42. The molecule has 4 nitrogen and oxygen atoms in total. The summed E-state index contributed by atoms with van der Waals surface area (Å²) in [4.78, 5) is 23.1. The predicted octanol–water partition coefficient (Wildman–Crippen LogP) is 2.13. The molecule has 0 aliphatic heterocycles. The van der Waals surface area contributed by atoms with Crippen molar-refractivity contribution in [2.45, 2.75) is 26.7 Å². The Labute approximate surface area is 119 Å². The average Bonchev–Trinajstić information content (AvgIpc) is 2.46. The summed E-state index contributed by atoms with van der Waals surface area (Å²) in [6.45, 7) is 4.06. The van der Waals surface area contributed by atoms with Crippen LogP contribution in [0.4, 0.5) is 0 Å². The molecular formula is C16H19NO3. The third-order valence-electron chi connectivity index (χ3n) is 2.57. The maximum Gasteiger partial charge on any atom is 0.325 e. The van der Waals surface area contributed by atoms with E-state index in [1.165, 1.54) is 0 Å². The Morgan fingerprint density at radius 2 is 1.95 bits per heavy atom. The van der Waals surface area contributed by atoms with Crippen molar-refractivity contribution >= 4 is 11.9 Å². The number of nitrogens with one attached hydrogen (secondary N) is 1. The molecule has 1 N–H and O–H groups in total. The summed E-state index contributed by atoms with van der Waals surface area (Å²) >= 11 is 0. The molecule has 1 aromatic rings. The first-order valence-electron chi connectivity index (χ1n) is 6.64. The smallest absolute Gasteiger partial charge is 0.325 e. The minimum Gasteiger partial charge on any atom is -0.464 e. The van der Waals surface area contributed by atoms with E-state index in [0.717, 1.165) is 18.4 Å². The molecule has 0 atom stereocenters. The fourth-order valence-corrected chi connectivity index (χ4v) is 1.49. The molecule has 0 unspecified atom stereocenters. The summed E-state index contributed by atoms with van der Waals surface area (Å²) in [6, 6.07) is 6.89. The van der Waals surface area contributed by atoms with Crippen LogP contribution in [0.25, 0.3) is 0 Å². The number of carbonyl (C=O) groups is 2. The van der Waals surface area contributed by atoms with E-state index in [4.69, 9.17) is 4.74 Å². The lowest BCUT2D eigenvalue weighted by atomic mass is 10.1. The van der Waals surface area contributed by atoms with Gasteiger partial charge in [0.05, 0.1) is 6.61 Å². The van der Waals surface area contributed by atoms with Crippen molar-refractivity contribution in [2.75, 3.05) is 13.2 Å². The van der Waals surface area contributed by atoms with Gasteiger partial charge in [-0.3, -0.25) is 9.59 Å². The SMILES string of the molecule is CC#Cc1ccc(C(=O)NCC(=O)OCCCC)cc1. The zero-order valence-corrected chi connectivity index (χ0v) is 11.9. The number of carbonyl (C=O) groups excluding carboxylic acids is 2. The monoisotopic (exact) mass is 273 g/mol. The van der Waals surface area contributed by atoms with E-state index in [1.54, 1.807) is 31.2 Å². The Hall–Kier alpha value is -2.28. The van der Waals surface area contributed by atoms with E-state index < -0.39 is 5.97 Å². The molecule has 0 spiro atoms. The number of unbranched alkanes of at least 4 members (excludes halogenated alkanes) is 1. The van der Waals surface area contributed by atoms with Crippen molar-refractivity contribution in [2.24, 2.45) is 0 Å². The van der Waals surface area contributed by atoms with Crippen molar-refractivity contribution in [3.8, 4) is 11.8 Å². The standard InChI is InChI=1S/C16H19NO3/c1-3-5-11-20-15(18)12-17-16(19)14-9-7-13(6-4-2)8-10-14/h7-10H,3,5,11-12H2,1-2H3,(H,17,19). The second-order valence-electron chi connectivity index (χ2n) is 4.21. The molecule has 0 radical (unpaired) electrons. The highest BCUT2D eigenvalue weighted by Crippen LogP contribution is 2.03. The Morgan fingerprint density at radius 1 is 1.25 bits per heavy atom. The van der Waals surface area contributed by atoms with Crippen LogP contribution in [-0.4, -0.2) is 25.0 Å². The van der Waals surface area contributed by atoms with Gasteiger partial charge in [0.25, 0.3) is 5.91 Å². The van der Waals surface area contributed by atoms with E-state index in [-0.39, 0.29) is 12.5 Å². The van der Waals surface area contributed by atoms with Gasteiger partial charge in [-0.1, -0.05) is 19.3 Å². The van der Waals surface area contributed by atoms with Gasteiger partial charge < -0.3 is 10.1 Å². The lowest BCUT2D eigenvalue weighted by Crippen LogP contribution is -2.30. The number of benzene rings is 1. The molecule has 20 heavy (non-hydrogen) atoms. The van der Waals surface area contributed by atoms with E-state index in [0.29, 0.717) is 12.2 Å². The molecule has 1 amide bonds. The van der Waals surface area contributed by atoms with Gasteiger partial charge in [-0.05, 0) is 37.6 Å². The van der Waals surface area contributed by atoms with Crippen LogP contribution >= 0.6 is 0 Å². The van der Waals surface area contributed by atoms with Crippen LogP contribution < -0.4 is 5.32 Å². The van der Waals surface area contributed by atoms with Gasteiger partial charge in [0, 0.05) is 11.1 Å². The molecule has 0 saturated carbocycles. The first-order chi connectivity index (χ1) is 9.67. The van der Waals surface area contributed by atoms with Gasteiger partial charge in [0.2, 0.25) is 0 Å². The van der Waals surface area contributed by atoms with Crippen LogP contribution in [0.5, 0.6) is 0 Å². The quantitative estimate of drug-likeness (QED) is 0.491. The molecule has 0 fully saturated rings. The lowest BCUT2D eigenvalue weighted by Gasteiger charge is -2.06. The zero-order chi connectivity index (χ0) is 14.8. The fourth-order valence-electron chi connectivity index (χ4n) is 1.49. The summed E-state index contributed by atoms with van der Waals surface area (Å²) in [5.74, 6) is 4.97. The summed E-state index contributed by atoms with van der Waals surface area (Å²) in [5, 5.41) is 2.53. The third kappa shape index (κ3) is 5.57. The predicted molar refractivity (Wildman–Crippen MR) is 77.2 cm³/mol. The van der Waals surface area contributed by atoms with Crippen molar-refractivity contribution < 1.29 is 14.3 Å². The minimum absolute atomic E-state index is 0.112. The Morgan fingerprint density at radius 3 is 2.55 bits per heavy atom. The molecule has 0 aliphatic carbocycles. The molecule has 1 aromatic carbocycles. The second-order valence-corrected chi connectivity index (χ2v) is 4.21. The largest absolute Gasteiger partial charge is 0.464 e. The Kier molecular flexibility index (Phi) is 6.91. The number of rotatable bonds is 6. The molecule has 0 saturated heterocycles. The normalized spacial score (nSPS) is 9.30. The van der Waals surface area contributed by atoms with Gasteiger partial charge >= 0.3 is 5.97 Å². The van der Waals surface area contributed by atoms with E-state index >= 15 is 0 Å². The van der Waals surface area contributed by atoms with Gasteiger partial charge in [0.15, 0.2) is 0 Å². The number of amides is 1. The zero-order valence-electron chi connectivity index (χ0n) is 11.9. The van der Waals surface area contributed by atoms with Crippen LogP contribution in [-0.2, 0) is 9.53 Å². The number of hydrogen-bond donors (Lipinski definition) is 1. The van der Waals surface area contributed by atoms with Gasteiger partial charge in [-0.25, -0.2) is 0 Å². The fraction of sp³-hybridized carbons (Fsp3) is 0.375. The van der Waals surface area contributed by atoms with Crippen LogP contribution in [0.3, 0.4) is 0 Å². The number of esters is 1. The van der Waals surface area contributed by atoms with Crippen LogP contribution in [0, 0.1) is 11.8 Å². The topological polar surface area (TPSA) is 55.4 Å². The van der Waals surface area contributed by atoms with Gasteiger partial charge in [0.1, 0.15) is 6.54 Å². The van der Waals surface area contributed by atoms with Crippen LogP contribution in [0.2, 0.25) is 0 Å². The highest BCUT2D eigenvalue weighted by molar-refractivity contribution is 5.95. The molecule has 0 heterocycles. The summed E-state index contributed by atoms with van der Waals surface area (Å²) in [6.07, 6.45) is 1.80. The molecule has 106 valence electrons. The van der Waals surface area contributed by atoms with Crippen molar-refractivity contribution in [1.29, 1.82) is 0 Å². The molecule has 0 aliphatic rings. The summed E-state index contributed by atoms with van der Waals surface area (Å²) in [5.41, 5.74) is 1.34. The maximum absolute atomic E-state index is 11.8. The highest BCUT2D eigenvalue weighted by atomic mass is 16.5. The van der Waals surface area contributed by atoms with Gasteiger partial charge in [-0.15, -0.1) is 5.92 Å². The highest BCUT2D eigenvalue weighted by Gasteiger charge is 2.08. The van der Waals surface area contributed by atoms with Gasteiger partial charge in [-0.2, -0.15) is 0 Å². The van der Waals surface area contributed by atoms with Crippen molar-refractivity contribution in [1.82, 2.24) is 5.32 Å². The minimum atomic E-state index is -0.416.